The van der Waals surface area contributed by atoms with Gasteiger partial charge in [0.25, 0.3) is 0 Å². The van der Waals surface area contributed by atoms with Crippen LogP contribution in [0.5, 0.6) is 0 Å². The lowest BCUT2D eigenvalue weighted by atomic mass is 9.97. The van der Waals surface area contributed by atoms with Crippen molar-refractivity contribution < 1.29 is 9.90 Å². The molecule has 0 radical (unpaired) electrons. The molecule has 0 aliphatic carbocycles. The lowest BCUT2D eigenvalue weighted by molar-refractivity contribution is 0.0683. The molecule has 0 bridgehead atoms. The van der Waals surface area contributed by atoms with Crippen molar-refractivity contribution in [2.24, 2.45) is 5.41 Å². The molecule has 0 aromatic carbocycles. The molecule has 14 heavy (non-hydrogen) atoms. The van der Waals surface area contributed by atoms with E-state index in [1.54, 1.807) is 16.8 Å². The van der Waals surface area contributed by atoms with Crippen molar-refractivity contribution in [3.05, 3.63) is 22.4 Å². The largest absolute Gasteiger partial charge is 0.477 e. The van der Waals surface area contributed by atoms with Gasteiger partial charge in [-0.3, -0.25) is 0 Å². The minimum Gasteiger partial charge on any atom is -0.477 e. The van der Waals surface area contributed by atoms with Gasteiger partial charge in [0.1, 0.15) is 5.69 Å². The summed E-state index contributed by atoms with van der Waals surface area (Å²) in [6.07, 6.45) is 1.80. The average Bonchev–Trinajstić information content (AvgIpc) is 2.27. The molecule has 1 aromatic rings. The van der Waals surface area contributed by atoms with Crippen LogP contribution < -0.4 is 0 Å². The Morgan fingerprint density at radius 2 is 2.14 bits per heavy atom. The van der Waals surface area contributed by atoms with Gasteiger partial charge in [0.15, 0.2) is 0 Å². The Morgan fingerprint density at radius 1 is 1.57 bits per heavy atom. The molecule has 4 heteroatoms. The number of carboxylic acid groups (broad SMARTS) is 1. The van der Waals surface area contributed by atoms with Gasteiger partial charge in [-0.2, -0.15) is 0 Å². The number of aromatic nitrogens is 1. The fourth-order valence-electron chi connectivity index (χ4n) is 1.30. The Hall–Kier alpha value is -0.770. The lowest BCUT2D eigenvalue weighted by Crippen LogP contribution is -2.18. The number of halogens is 1. The lowest BCUT2D eigenvalue weighted by Gasteiger charge is -2.19. The van der Waals surface area contributed by atoms with E-state index in [0.717, 1.165) is 4.47 Å². The van der Waals surface area contributed by atoms with Crippen LogP contribution in [0.2, 0.25) is 0 Å². The van der Waals surface area contributed by atoms with Crippen molar-refractivity contribution in [3.8, 4) is 0 Å². The van der Waals surface area contributed by atoms with Crippen LogP contribution in [0.25, 0.3) is 0 Å². The van der Waals surface area contributed by atoms with Crippen LogP contribution in [0.3, 0.4) is 0 Å². The van der Waals surface area contributed by atoms with Gasteiger partial charge in [-0.1, -0.05) is 20.8 Å². The highest BCUT2D eigenvalue weighted by Crippen LogP contribution is 2.21. The summed E-state index contributed by atoms with van der Waals surface area (Å²) in [6.45, 7) is 6.92. The predicted molar refractivity (Wildman–Crippen MR) is 58.5 cm³/mol. The van der Waals surface area contributed by atoms with E-state index in [1.807, 2.05) is 0 Å². The summed E-state index contributed by atoms with van der Waals surface area (Å²) >= 11 is 3.27. The van der Waals surface area contributed by atoms with E-state index in [2.05, 4.69) is 36.7 Å². The van der Waals surface area contributed by atoms with Crippen LogP contribution in [-0.4, -0.2) is 15.6 Å². The molecule has 0 saturated heterocycles. The van der Waals surface area contributed by atoms with Crippen molar-refractivity contribution in [2.75, 3.05) is 0 Å². The van der Waals surface area contributed by atoms with Crippen molar-refractivity contribution in [1.82, 2.24) is 4.57 Å². The van der Waals surface area contributed by atoms with Crippen LogP contribution in [0.4, 0.5) is 0 Å². The number of hydrogen-bond acceptors (Lipinski definition) is 1. The number of rotatable bonds is 2. The molecule has 1 heterocycles. The molecular formula is C10H14BrNO2. The molecule has 0 atom stereocenters. The SMILES string of the molecule is CC(C)(C)Cn1cc(Br)cc1C(=O)O. The Labute approximate surface area is 91.9 Å². The third kappa shape index (κ3) is 2.87. The molecule has 0 aliphatic rings. The van der Waals surface area contributed by atoms with Gasteiger partial charge in [0, 0.05) is 17.2 Å². The minimum absolute atomic E-state index is 0.0721. The standard InChI is InChI=1S/C10H14BrNO2/c1-10(2,3)6-12-5-7(11)4-8(12)9(13)14/h4-5H,6H2,1-3H3,(H,13,14). The summed E-state index contributed by atoms with van der Waals surface area (Å²) < 4.78 is 2.56. The van der Waals surface area contributed by atoms with Gasteiger partial charge in [0.2, 0.25) is 0 Å². The number of nitrogens with zero attached hydrogens (tertiary/aromatic N) is 1. The molecule has 1 N–H and O–H groups in total. The van der Waals surface area contributed by atoms with E-state index in [0.29, 0.717) is 12.2 Å². The van der Waals surface area contributed by atoms with Gasteiger partial charge < -0.3 is 9.67 Å². The number of hydrogen-bond donors (Lipinski definition) is 1. The Kier molecular flexibility index (Phi) is 3.04. The predicted octanol–water partition coefficient (Wildman–Crippen LogP) is 2.99. The van der Waals surface area contributed by atoms with E-state index >= 15 is 0 Å². The summed E-state index contributed by atoms with van der Waals surface area (Å²) in [5, 5.41) is 8.93. The Balaban J connectivity index is 3.02. The smallest absolute Gasteiger partial charge is 0.352 e. The summed E-state index contributed by atoms with van der Waals surface area (Å²) in [7, 11) is 0. The zero-order valence-electron chi connectivity index (χ0n) is 8.54. The van der Waals surface area contributed by atoms with E-state index in [4.69, 9.17) is 5.11 Å². The molecule has 0 fully saturated rings. The summed E-state index contributed by atoms with van der Waals surface area (Å²) in [5.74, 6) is -0.889. The maximum atomic E-state index is 10.9. The summed E-state index contributed by atoms with van der Waals surface area (Å²) in [4.78, 5) is 10.9. The Bertz CT molecular complexity index is 349. The monoisotopic (exact) mass is 259 g/mol. The molecule has 78 valence electrons. The fourth-order valence-corrected chi connectivity index (χ4v) is 1.76. The second-order valence-electron chi connectivity index (χ2n) is 4.54. The third-order valence-electron chi connectivity index (χ3n) is 1.73. The second-order valence-corrected chi connectivity index (χ2v) is 5.45. The highest BCUT2D eigenvalue weighted by molar-refractivity contribution is 9.10. The fraction of sp³-hybridized carbons (Fsp3) is 0.500. The zero-order valence-corrected chi connectivity index (χ0v) is 10.1. The van der Waals surface area contributed by atoms with Crippen LogP contribution in [0.15, 0.2) is 16.7 Å². The molecule has 3 nitrogen and oxygen atoms in total. The molecule has 0 saturated carbocycles. The van der Waals surface area contributed by atoms with Crippen LogP contribution >= 0.6 is 15.9 Å². The zero-order chi connectivity index (χ0) is 10.9. The number of carbonyl (C=O) groups is 1. The molecule has 0 aliphatic heterocycles. The van der Waals surface area contributed by atoms with Crippen molar-refractivity contribution in [2.45, 2.75) is 27.3 Å². The normalized spacial score (nSPS) is 11.7. The van der Waals surface area contributed by atoms with Gasteiger partial charge in [-0.25, -0.2) is 4.79 Å². The highest BCUT2D eigenvalue weighted by Gasteiger charge is 2.17. The summed E-state index contributed by atoms with van der Waals surface area (Å²) in [6, 6.07) is 1.62. The van der Waals surface area contributed by atoms with E-state index in [9.17, 15) is 4.79 Å². The van der Waals surface area contributed by atoms with Crippen molar-refractivity contribution in [1.29, 1.82) is 0 Å². The quantitative estimate of drug-likeness (QED) is 0.888. The maximum Gasteiger partial charge on any atom is 0.352 e. The van der Waals surface area contributed by atoms with Crippen molar-refractivity contribution >= 4 is 21.9 Å². The first-order chi connectivity index (χ1) is 6.29. The second kappa shape index (κ2) is 3.77. The molecule has 0 unspecified atom stereocenters. The van der Waals surface area contributed by atoms with Gasteiger partial charge in [0.05, 0.1) is 0 Å². The molecule has 1 rings (SSSR count). The number of carboxylic acids is 1. The summed E-state index contributed by atoms with van der Waals surface area (Å²) in [5.41, 5.74) is 0.398. The molecular weight excluding hydrogens is 246 g/mol. The van der Waals surface area contributed by atoms with Gasteiger partial charge in [-0.05, 0) is 27.4 Å². The first-order valence-electron chi connectivity index (χ1n) is 4.38. The topological polar surface area (TPSA) is 42.2 Å². The van der Waals surface area contributed by atoms with E-state index < -0.39 is 5.97 Å². The van der Waals surface area contributed by atoms with Gasteiger partial charge >= 0.3 is 5.97 Å². The third-order valence-corrected chi connectivity index (χ3v) is 2.16. The first-order valence-corrected chi connectivity index (χ1v) is 5.18. The maximum absolute atomic E-state index is 10.9. The molecule has 0 spiro atoms. The average molecular weight is 260 g/mol. The Morgan fingerprint density at radius 3 is 2.57 bits per heavy atom. The first kappa shape index (κ1) is 11.3. The van der Waals surface area contributed by atoms with Crippen LogP contribution in [0, 0.1) is 5.41 Å². The molecule has 0 amide bonds. The van der Waals surface area contributed by atoms with Gasteiger partial charge in [-0.15, -0.1) is 0 Å². The van der Waals surface area contributed by atoms with E-state index in [-0.39, 0.29) is 5.41 Å². The van der Waals surface area contributed by atoms with Crippen LogP contribution in [-0.2, 0) is 6.54 Å². The minimum atomic E-state index is -0.889. The van der Waals surface area contributed by atoms with E-state index in [1.165, 1.54) is 0 Å². The van der Waals surface area contributed by atoms with Crippen LogP contribution in [0.1, 0.15) is 31.3 Å². The molecule has 1 aromatic heterocycles. The highest BCUT2D eigenvalue weighted by atomic mass is 79.9. The number of aromatic carboxylic acids is 1. The van der Waals surface area contributed by atoms with Crippen molar-refractivity contribution in [3.63, 3.8) is 0 Å².